The van der Waals surface area contributed by atoms with Gasteiger partial charge in [0.2, 0.25) is 0 Å². The first kappa shape index (κ1) is 34.9. The lowest BCUT2D eigenvalue weighted by Gasteiger charge is -2.37. The molecule has 1 N–H and O–H groups in total. The van der Waals surface area contributed by atoms with Crippen LogP contribution in [0.4, 0.5) is 0 Å². The average molecular weight is 606 g/mol. The maximum atomic E-state index is 6.36. The predicted molar refractivity (Wildman–Crippen MR) is 182 cm³/mol. The van der Waals surface area contributed by atoms with E-state index >= 15 is 0 Å². The standard InChI is InChI=1S/C36H52N3O3P/c1-30(2)39(31(3)4)43(42-29-17-26-37-5)41-28-16-8-7-15-27-38-36(32-18-11-9-12-19-32,33-20-13-10-14-21-33)34-22-24-35(40-6)25-23-34/h9-14,18-26,30-31,38H,7-8,15-17,27-29H2,1-6H3. The molecule has 0 aliphatic heterocycles. The molecule has 1 atom stereocenters. The monoisotopic (exact) mass is 605 g/mol. The summed E-state index contributed by atoms with van der Waals surface area (Å²) in [5.41, 5.74) is 3.17. The van der Waals surface area contributed by atoms with Gasteiger partial charge in [-0.15, -0.1) is 0 Å². The Morgan fingerprint density at radius 1 is 0.744 bits per heavy atom. The molecule has 3 aromatic rings. The molecule has 0 saturated carbocycles. The van der Waals surface area contributed by atoms with Gasteiger partial charge in [-0.25, -0.2) is 4.67 Å². The summed E-state index contributed by atoms with van der Waals surface area (Å²) in [6, 6.07) is 30.7. The fourth-order valence-corrected chi connectivity index (χ4v) is 7.12. The van der Waals surface area contributed by atoms with Crippen molar-refractivity contribution in [1.29, 1.82) is 0 Å². The van der Waals surface area contributed by atoms with Gasteiger partial charge in [-0.3, -0.25) is 5.32 Å². The Balaban J connectivity index is 1.62. The lowest BCUT2D eigenvalue weighted by atomic mass is 9.77. The SMILES string of the molecule is CN=CCCOP(OCCCCCCNC(c1ccccc1)(c1ccccc1)c1ccc(OC)cc1)N(C(C)C)C(C)C. The van der Waals surface area contributed by atoms with Crippen LogP contribution in [0.1, 0.15) is 76.5 Å². The summed E-state index contributed by atoms with van der Waals surface area (Å²) in [6.45, 7) is 11.1. The van der Waals surface area contributed by atoms with Gasteiger partial charge in [0, 0.05) is 31.8 Å². The number of hydrogen-bond acceptors (Lipinski definition) is 6. The molecule has 0 bridgehead atoms. The summed E-state index contributed by atoms with van der Waals surface area (Å²) in [5.74, 6) is 0.856. The van der Waals surface area contributed by atoms with Crippen molar-refractivity contribution in [3.05, 3.63) is 102 Å². The van der Waals surface area contributed by atoms with Gasteiger partial charge in [0.1, 0.15) is 5.75 Å². The summed E-state index contributed by atoms with van der Waals surface area (Å²) in [6.07, 6.45) is 7.04. The zero-order valence-corrected chi connectivity index (χ0v) is 27.9. The molecule has 0 spiro atoms. The van der Waals surface area contributed by atoms with E-state index in [1.807, 2.05) is 18.3 Å². The second-order valence-corrected chi connectivity index (χ2v) is 12.7. The van der Waals surface area contributed by atoms with Crippen molar-refractivity contribution in [3.8, 4) is 5.75 Å². The van der Waals surface area contributed by atoms with E-state index in [1.165, 1.54) is 16.7 Å². The Kier molecular flexibility index (Phi) is 15.4. The van der Waals surface area contributed by atoms with Crippen molar-refractivity contribution in [2.24, 2.45) is 4.99 Å². The minimum absolute atomic E-state index is 0.359. The minimum Gasteiger partial charge on any atom is -0.497 e. The molecule has 3 rings (SSSR count). The molecular formula is C36H52N3O3P. The number of methoxy groups -OCH3 is 1. The average Bonchev–Trinajstić information content (AvgIpc) is 3.03. The fourth-order valence-electron chi connectivity index (χ4n) is 5.48. The first-order valence-electron chi connectivity index (χ1n) is 15.7. The predicted octanol–water partition coefficient (Wildman–Crippen LogP) is 8.61. The number of nitrogens with one attached hydrogen (secondary N) is 1. The zero-order chi connectivity index (χ0) is 30.9. The maximum Gasteiger partial charge on any atom is 0.259 e. The molecule has 7 heteroatoms. The molecule has 0 saturated heterocycles. The lowest BCUT2D eigenvalue weighted by molar-refractivity contribution is 0.175. The number of unbranched alkanes of at least 4 members (excludes halogenated alkanes) is 3. The first-order chi connectivity index (χ1) is 20.9. The van der Waals surface area contributed by atoms with Crippen LogP contribution in [0.25, 0.3) is 0 Å². The third kappa shape index (κ3) is 10.2. The molecule has 0 heterocycles. The topological polar surface area (TPSA) is 55.3 Å². The maximum absolute atomic E-state index is 6.36. The highest BCUT2D eigenvalue weighted by atomic mass is 31.2. The van der Waals surface area contributed by atoms with E-state index in [9.17, 15) is 0 Å². The van der Waals surface area contributed by atoms with Gasteiger partial charge in [0.15, 0.2) is 0 Å². The van der Waals surface area contributed by atoms with Crippen LogP contribution in [0.2, 0.25) is 0 Å². The van der Waals surface area contributed by atoms with Gasteiger partial charge < -0.3 is 18.8 Å². The van der Waals surface area contributed by atoms with Crippen LogP contribution < -0.4 is 10.1 Å². The second kappa shape index (κ2) is 18.9. The van der Waals surface area contributed by atoms with Gasteiger partial charge in [0.25, 0.3) is 8.53 Å². The van der Waals surface area contributed by atoms with E-state index in [4.69, 9.17) is 13.8 Å². The highest BCUT2D eigenvalue weighted by molar-refractivity contribution is 7.44. The van der Waals surface area contributed by atoms with Gasteiger partial charge in [-0.1, -0.05) is 85.6 Å². The highest BCUT2D eigenvalue weighted by Gasteiger charge is 2.35. The largest absolute Gasteiger partial charge is 0.497 e. The Bertz CT molecular complexity index is 1130. The van der Waals surface area contributed by atoms with Crippen molar-refractivity contribution in [1.82, 2.24) is 9.99 Å². The molecule has 6 nitrogen and oxygen atoms in total. The van der Waals surface area contributed by atoms with E-state index < -0.39 is 14.1 Å². The van der Waals surface area contributed by atoms with Crippen LogP contribution in [-0.4, -0.2) is 56.9 Å². The molecule has 1 unspecified atom stereocenters. The zero-order valence-electron chi connectivity index (χ0n) is 27.0. The molecule has 0 aliphatic carbocycles. The molecule has 0 aliphatic rings. The van der Waals surface area contributed by atoms with Crippen molar-refractivity contribution in [2.45, 2.75) is 77.4 Å². The third-order valence-electron chi connectivity index (χ3n) is 7.48. The van der Waals surface area contributed by atoms with Crippen LogP contribution >= 0.6 is 8.53 Å². The van der Waals surface area contributed by atoms with Crippen molar-refractivity contribution >= 4 is 14.7 Å². The summed E-state index contributed by atoms with van der Waals surface area (Å²) in [4.78, 5) is 4.07. The van der Waals surface area contributed by atoms with E-state index in [2.05, 4.69) is 115 Å². The van der Waals surface area contributed by atoms with Crippen LogP contribution in [0.5, 0.6) is 5.75 Å². The van der Waals surface area contributed by atoms with E-state index in [0.717, 1.165) is 44.4 Å². The van der Waals surface area contributed by atoms with Crippen LogP contribution in [-0.2, 0) is 14.6 Å². The third-order valence-corrected chi connectivity index (χ3v) is 9.59. The minimum atomic E-state index is -1.09. The van der Waals surface area contributed by atoms with Gasteiger partial charge in [-0.05, 0) is 75.9 Å². The Morgan fingerprint density at radius 3 is 1.81 bits per heavy atom. The lowest BCUT2D eigenvalue weighted by Crippen LogP contribution is -2.45. The molecule has 0 radical (unpaired) electrons. The van der Waals surface area contributed by atoms with Crippen LogP contribution in [0.15, 0.2) is 89.9 Å². The smallest absolute Gasteiger partial charge is 0.259 e. The Hall–Kier alpha value is -2.60. The Morgan fingerprint density at radius 2 is 1.28 bits per heavy atom. The number of rotatable bonds is 20. The second-order valence-electron chi connectivity index (χ2n) is 11.3. The van der Waals surface area contributed by atoms with Crippen molar-refractivity contribution < 1.29 is 13.8 Å². The number of benzene rings is 3. The van der Waals surface area contributed by atoms with Gasteiger partial charge in [0.05, 0.1) is 25.9 Å². The Labute approximate surface area is 261 Å². The molecule has 3 aromatic carbocycles. The number of aliphatic imine (C=N–C) groups is 1. The summed E-state index contributed by atoms with van der Waals surface area (Å²) < 4.78 is 20.4. The molecular weight excluding hydrogens is 553 g/mol. The summed E-state index contributed by atoms with van der Waals surface area (Å²) in [5, 5.41) is 4.00. The van der Waals surface area contributed by atoms with E-state index in [-0.39, 0.29) is 0 Å². The van der Waals surface area contributed by atoms with Crippen molar-refractivity contribution in [2.75, 3.05) is 33.9 Å². The van der Waals surface area contributed by atoms with Crippen LogP contribution in [0, 0.1) is 0 Å². The van der Waals surface area contributed by atoms with Crippen molar-refractivity contribution in [3.63, 3.8) is 0 Å². The number of hydrogen-bond donors (Lipinski definition) is 1. The highest BCUT2D eigenvalue weighted by Crippen LogP contribution is 2.46. The fraction of sp³-hybridized carbons (Fsp3) is 0.472. The molecule has 234 valence electrons. The van der Waals surface area contributed by atoms with Gasteiger partial charge >= 0.3 is 0 Å². The van der Waals surface area contributed by atoms with Crippen LogP contribution in [0.3, 0.4) is 0 Å². The molecule has 0 fully saturated rings. The molecule has 0 amide bonds. The normalized spacial score (nSPS) is 13.0. The van der Waals surface area contributed by atoms with E-state index in [1.54, 1.807) is 14.2 Å². The number of nitrogens with zero attached hydrogens (tertiary/aromatic N) is 2. The first-order valence-corrected chi connectivity index (χ1v) is 16.8. The van der Waals surface area contributed by atoms with E-state index in [0.29, 0.717) is 25.3 Å². The number of ether oxygens (including phenoxy) is 1. The quantitative estimate of drug-likeness (QED) is 0.0605. The molecule has 0 aromatic heterocycles. The summed E-state index contributed by atoms with van der Waals surface area (Å²) in [7, 11) is 2.41. The van der Waals surface area contributed by atoms with Gasteiger partial charge in [-0.2, -0.15) is 0 Å². The summed E-state index contributed by atoms with van der Waals surface area (Å²) >= 11 is 0. The molecule has 43 heavy (non-hydrogen) atoms.